The first-order chi connectivity index (χ1) is 6.02. The van der Waals surface area contributed by atoms with Gasteiger partial charge < -0.3 is 25.2 Å². The Labute approximate surface area is 76.6 Å². The molecule has 0 saturated carbocycles. The fourth-order valence-electron chi connectivity index (χ4n) is 1.45. The van der Waals surface area contributed by atoms with Crippen LogP contribution >= 0.6 is 0 Å². The number of rotatable bonds is 2. The van der Waals surface area contributed by atoms with Gasteiger partial charge in [-0.05, 0) is 12.8 Å². The number of hydrogen-bond acceptors (Lipinski definition) is 5. The van der Waals surface area contributed by atoms with Crippen molar-refractivity contribution in [2.45, 2.75) is 43.9 Å². The van der Waals surface area contributed by atoms with Crippen molar-refractivity contribution in [2.24, 2.45) is 0 Å². The summed E-state index contributed by atoms with van der Waals surface area (Å²) < 4.78 is 4.90. The van der Waals surface area contributed by atoms with Gasteiger partial charge in [-0.1, -0.05) is 6.92 Å². The molecule has 1 fully saturated rings. The molecule has 1 heterocycles. The quantitative estimate of drug-likeness (QED) is 0.431. The van der Waals surface area contributed by atoms with Gasteiger partial charge in [0.15, 0.2) is 0 Å². The van der Waals surface area contributed by atoms with E-state index in [9.17, 15) is 20.4 Å². The van der Waals surface area contributed by atoms with Crippen LogP contribution in [0.5, 0.6) is 0 Å². The zero-order valence-electron chi connectivity index (χ0n) is 7.55. The van der Waals surface area contributed by atoms with E-state index in [1.165, 1.54) is 0 Å². The van der Waals surface area contributed by atoms with Gasteiger partial charge in [0.2, 0.25) is 5.79 Å². The lowest BCUT2D eigenvalue weighted by Crippen LogP contribution is -2.61. The zero-order valence-corrected chi connectivity index (χ0v) is 7.55. The van der Waals surface area contributed by atoms with E-state index < -0.39 is 24.1 Å². The molecule has 0 aromatic carbocycles. The van der Waals surface area contributed by atoms with Crippen molar-refractivity contribution < 1.29 is 25.2 Å². The van der Waals surface area contributed by atoms with Gasteiger partial charge in [-0.2, -0.15) is 0 Å². The van der Waals surface area contributed by atoms with Crippen LogP contribution in [0.25, 0.3) is 0 Å². The summed E-state index contributed by atoms with van der Waals surface area (Å²) in [4.78, 5) is 0. The first kappa shape index (κ1) is 10.9. The minimum Gasteiger partial charge on any atom is -0.390 e. The van der Waals surface area contributed by atoms with Crippen LogP contribution in [0.1, 0.15) is 19.8 Å². The molecule has 4 N–H and O–H groups in total. The summed E-state index contributed by atoms with van der Waals surface area (Å²) in [5.74, 6) is -2.02. The molecule has 5 nitrogen and oxygen atoms in total. The van der Waals surface area contributed by atoms with E-state index in [0.29, 0.717) is 0 Å². The summed E-state index contributed by atoms with van der Waals surface area (Å²) in [6.07, 6.45) is -3.16. The van der Waals surface area contributed by atoms with Gasteiger partial charge in [0.1, 0.15) is 12.2 Å². The highest BCUT2D eigenvalue weighted by molar-refractivity contribution is 4.91. The molecular weight excluding hydrogens is 176 g/mol. The predicted molar refractivity (Wildman–Crippen MR) is 43.8 cm³/mol. The summed E-state index contributed by atoms with van der Waals surface area (Å²) in [5, 5.41) is 37.8. The molecule has 4 atom stereocenters. The molecule has 78 valence electrons. The van der Waals surface area contributed by atoms with Crippen LogP contribution in [0.4, 0.5) is 0 Å². The molecule has 13 heavy (non-hydrogen) atoms. The third-order valence-corrected chi connectivity index (χ3v) is 2.40. The van der Waals surface area contributed by atoms with E-state index in [1.807, 2.05) is 0 Å². The predicted octanol–water partition coefficient (Wildman–Crippen LogP) is -1.41. The van der Waals surface area contributed by atoms with Crippen molar-refractivity contribution in [1.82, 2.24) is 0 Å². The lowest BCUT2D eigenvalue weighted by atomic mass is 9.93. The van der Waals surface area contributed by atoms with Gasteiger partial charge >= 0.3 is 0 Å². The Morgan fingerprint density at radius 3 is 2.69 bits per heavy atom. The van der Waals surface area contributed by atoms with E-state index in [2.05, 4.69) is 0 Å². The molecule has 0 radical (unpaired) electrons. The third-order valence-electron chi connectivity index (χ3n) is 2.40. The van der Waals surface area contributed by atoms with Crippen LogP contribution in [0.3, 0.4) is 0 Å². The van der Waals surface area contributed by atoms with E-state index >= 15 is 0 Å². The monoisotopic (exact) mass is 192 g/mol. The fourth-order valence-corrected chi connectivity index (χ4v) is 1.45. The van der Waals surface area contributed by atoms with Gasteiger partial charge in [-0.15, -0.1) is 0 Å². The van der Waals surface area contributed by atoms with E-state index in [1.54, 1.807) is 6.92 Å². The maximum Gasteiger partial charge on any atom is 0.221 e. The lowest BCUT2D eigenvalue weighted by molar-refractivity contribution is -0.334. The smallest absolute Gasteiger partial charge is 0.221 e. The average Bonchev–Trinajstić information content (AvgIpc) is 2.13. The molecule has 1 rings (SSSR count). The van der Waals surface area contributed by atoms with Crippen LogP contribution < -0.4 is 0 Å². The fraction of sp³-hybridized carbons (Fsp3) is 1.00. The molecule has 5 heteroatoms. The molecule has 0 aromatic heterocycles. The second-order valence-corrected chi connectivity index (χ2v) is 3.33. The van der Waals surface area contributed by atoms with Crippen LogP contribution in [-0.4, -0.2) is 51.1 Å². The topological polar surface area (TPSA) is 90.2 Å². The summed E-state index contributed by atoms with van der Waals surface area (Å²) in [7, 11) is 0. The zero-order chi connectivity index (χ0) is 10.1. The van der Waals surface area contributed by atoms with Crippen LogP contribution in [0, 0.1) is 0 Å². The number of ether oxygens (including phenoxy) is 1. The molecule has 0 spiro atoms. The molecular formula is C8H16O5. The molecule has 1 aliphatic heterocycles. The molecule has 1 aliphatic rings. The Hall–Kier alpha value is -0.200. The lowest BCUT2D eigenvalue weighted by Gasteiger charge is -2.41. The Bertz CT molecular complexity index is 174. The maximum atomic E-state index is 9.70. The average molecular weight is 192 g/mol. The largest absolute Gasteiger partial charge is 0.390 e. The SMILES string of the molecule is CCC(O)C1(O)OCCC(O)C1O. The van der Waals surface area contributed by atoms with E-state index in [4.69, 9.17) is 4.74 Å². The van der Waals surface area contributed by atoms with E-state index in [0.717, 1.165) is 0 Å². The summed E-state index contributed by atoms with van der Waals surface area (Å²) in [6, 6.07) is 0. The van der Waals surface area contributed by atoms with Crippen molar-refractivity contribution in [1.29, 1.82) is 0 Å². The molecule has 0 aromatic rings. The van der Waals surface area contributed by atoms with Crippen LogP contribution in [0.2, 0.25) is 0 Å². The standard InChI is InChI=1S/C8H16O5/c1-2-6(10)8(12)7(11)5(9)3-4-13-8/h5-7,9-12H,2-4H2,1H3. The summed E-state index contributed by atoms with van der Waals surface area (Å²) >= 11 is 0. The maximum absolute atomic E-state index is 9.70. The van der Waals surface area contributed by atoms with Gasteiger partial charge in [0.05, 0.1) is 12.7 Å². The van der Waals surface area contributed by atoms with Gasteiger partial charge in [0, 0.05) is 0 Å². The first-order valence-corrected chi connectivity index (χ1v) is 4.43. The van der Waals surface area contributed by atoms with Gasteiger partial charge in [-0.3, -0.25) is 0 Å². The Morgan fingerprint density at radius 2 is 2.15 bits per heavy atom. The highest BCUT2D eigenvalue weighted by Crippen LogP contribution is 2.27. The minimum absolute atomic E-state index is 0.131. The molecule has 0 amide bonds. The summed E-state index contributed by atoms with van der Waals surface area (Å²) in [6.45, 7) is 1.78. The van der Waals surface area contributed by atoms with Crippen LogP contribution in [-0.2, 0) is 4.74 Å². The highest BCUT2D eigenvalue weighted by atomic mass is 16.7. The third kappa shape index (κ3) is 1.84. The van der Waals surface area contributed by atoms with Crippen LogP contribution in [0.15, 0.2) is 0 Å². The second kappa shape index (κ2) is 3.89. The van der Waals surface area contributed by atoms with E-state index in [-0.39, 0.29) is 19.4 Å². The van der Waals surface area contributed by atoms with Crippen molar-refractivity contribution >= 4 is 0 Å². The number of hydrogen-bond donors (Lipinski definition) is 4. The van der Waals surface area contributed by atoms with Crippen molar-refractivity contribution in [3.05, 3.63) is 0 Å². The number of aliphatic hydroxyl groups is 4. The van der Waals surface area contributed by atoms with Crippen molar-refractivity contribution in [3.8, 4) is 0 Å². The normalized spacial score (nSPS) is 43.2. The highest BCUT2D eigenvalue weighted by Gasteiger charge is 2.49. The molecule has 1 saturated heterocycles. The van der Waals surface area contributed by atoms with Crippen molar-refractivity contribution in [2.75, 3.05) is 6.61 Å². The Kier molecular flexibility index (Phi) is 3.26. The van der Waals surface area contributed by atoms with Crippen molar-refractivity contribution in [3.63, 3.8) is 0 Å². The number of aliphatic hydroxyl groups excluding tert-OH is 3. The van der Waals surface area contributed by atoms with Gasteiger partial charge in [-0.25, -0.2) is 0 Å². The molecule has 0 bridgehead atoms. The second-order valence-electron chi connectivity index (χ2n) is 3.33. The molecule has 4 unspecified atom stereocenters. The first-order valence-electron chi connectivity index (χ1n) is 4.43. The Balaban J connectivity index is 2.74. The van der Waals surface area contributed by atoms with Gasteiger partial charge in [0.25, 0.3) is 0 Å². The minimum atomic E-state index is -2.02. The Morgan fingerprint density at radius 1 is 1.54 bits per heavy atom. The molecule has 0 aliphatic carbocycles. The summed E-state index contributed by atoms with van der Waals surface area (Å²) in [5.41, 5.74) is 0.